The van der Waals surface area contributed by atoms with Crippen molar-refractivity contribution in [3.8, 4) is 0 Å². The highest BCUT2D eigenvalue weighted by atomic mass is 16.1. The number of rotatable bonds is 4. The number of ketones is 1. The third-order valence-electron chi connectivity index (χ3n) is 2.80. The molecule has 0 radical (unpaired) electrons. The molecule has 0 spiro atoms. The zero-order chi connectivity index (χ0) is 11.3. The summed E-state index contributed by atoms with van der Waals surface area (Å²) in [6.07, 6.45) is 6.96. The standard InChI is InChI=1S/C13H19NO/c1-4-6-12(5-2)10-14-8-7-13(15)9-11(14)3/h4-6,11H,1-2,7-10H2,3H3/b12-6+. The van der Waals surface area contributed by atoms with Gasteiger partial charge >= 0.3 is 0 Å². The van der Waals surface area contributed by atoms with Crippen LogP contribution >= 0.6 is 0 Å². The number of hydrogen-bond acceptors (Lipinski definition) is 2. The largest absolute Gasteiger partial charge is 0.300 e. The van der Waals surface area contributed by atoms with E-state index >= 15 is 0 Å². The van der Waals surface area contributed by atoms with E-state index in [4.69, 9.17) is 0 Å². The van der Waals surface area contributed by atoms with E-state index in [0.717, 1.165) is 18.7 Å². The van der Waals surface area contributed by atoms with Gasteiger partial charge in [-0.25, -0.2) is 0 Å². The zero-order valence-electron chi connectivity index (χ0n) is 9.41. The van der Waals surface area contributed by atoms with E-state index in [1.807, 2.05) is 12.2 Å². The van der Waals surface area contributed by atoms with E-state index < -0.39 is 0 Å². The third-order valence-corrected chi connectivity index (χ3v) is 2.80. The van der Waals surface area contributed by atoms with Crippen LogP contribution in [-0.2, 0) is 4.79 Å². The number of allylic oxidation sites excluding steroid dienone is 2. The van der Waals surface area contributed by atoms with Crippen LogP contribution in [0.1, 0.15) is 19.8 Å². The molecule has 1 unspecified atom stereocenters. The Morgan fingerprint density at radius 1 is 1.60 bits per heavy atom. The Morgan fingerprint density at radius 3 is 2.87 bits per heavy atom. The first kappa shape index (κ1) is 11.9. The molecular formula is C13H19NO. The number of Topliss-reactive ketones (excluding diaryl/α,β-unsaturated/α-hetero) is 1. The second-order valence-corrected chi connectivity index (χ2v) is 3.99. The van der Waals surface area contributed by atoms with Crippen LogP contribution in [0.2, 0.25) is 0 Å². The SMILES string of the molecule is C=C/C=C(\C=C)CN1CCC(=O)CC1C. The van der Waals surface area contributed by atoms with Gasteiger partial charge in [0.2, 0.25) is 0 Å². The van der Waals surface area contributed by atoms with Crippen LogP contribution in [0, 0.1) is 0 Å². The third kappa shape index (κ3) is 3.48. The molecule has 2 heteroatoms. The molecule has 1 aliphatic rings. The van der Waals surface area contributed by atoms with Crippen molar-refractivity contribution in [2.45, 2.75) is 25.8 Å². The van der Waals surface area contributed by atoms with Crippen LogP contribution in [0.15, 0.2) is 37.0 Å². The number of carbonyl (C=O) groups is 1. The number of likely N-dealkylation sites (tertiary alicyclic amines) is 1. The summed E-state index contributed by atoms with van der Waals surface area (Å²) in [7, 11) is 0. The smallest absolute Gasteiger partial charge is 0.135 e. The maximum absolute atomic E-state index is 11.2. The summed E-state index contributed by atoms with van der Waals surface area (Å²) in [5, 5.41) is 0. The molecule has 1 saturated heterocycles. The van der Waals surface area contributed by atoms with Crippen molar-refractivity contribution < 1.29 is 4.79 Å². The van der Waals surface area contributed by atoms with Gasteiger partial charge in [0, 0.05) is 32.0 Å². The molecule has 0 aromatic rings. The topological polar surface area (TPSA) is 20.3 Å². The molecule has 0 N–H and O–H groups in total. The first-order valence-corrected chi connectivity index (χ1v) is 5.37. The molecule has 0 aliphatic carbocycles. The molecule has 1 fully saturated rings. The quantitative estimate of drug-likeness (QED) is 0.657. The number of nitrogens with zero attached hydrogens (tertiary/aromatic N) is 1. The maximum atomic E-state index is 11.2. The number of hydrogen-bond donors (Lipinski definition) is 0. The van der Waals surface area contributed by atoms with Gasteiger partial charge in [-0.15, -0.1) is 0 Å². The lowest BCUT2D eigenvalue weighted by atomic mass is 10.0. The molecule has 1 atom stereocenters. The van der Waals surface area contributed by atoms with E-state index in [1.165, 1.54) is 0 Å². The first-order valence-electron chi connectivity index (χ1n) is 5.37. The van der Waals surface area contributed by atoms with E-state index in [1.54, 1.807) is 6.08 Å². The fourth-order valence-corrected chi connectivity index (χ4v) is 1.86. The fraction of sp³-hybridized carbons (Fsp3) is 0.462. The van der Waals surface area contributed by atoms with E-state index in [9.17, 15) is 4.79 Å². The van der Waals surface area contributed by atoms with Crippen molar-refractivity contribution in [1.29, 1.82) is 0 Å². The lowest BCUT2D eigenvalue weighted by Crippen LogP contribution is -2.41. The van der Waals surface area contributed by atoms with Crippen molar-refractivity contribution in [3.05, 3.63) is 37.0 Å². The van der Waals surface area contributed by atoms with Gasteiger partial charge in [0.15, 0.2) is 0 Å². The van der Waals surface area contributed by atoms with Crippen LogP contribution in [0.3, 0.4) is 0 Å². The lowest BCUT2D eigenvalue weighted by molar-refractivity contribution is -0.122. The Morgan fingerprint density at radius 2 is 2.33 bits per heavy atom. The van der Waals surface area contributed by atoms with Crippen LogP contribution in [0.5, 0.6) is 0 Å². The summed E-state index contributed by atoms with van der Waals surface area (Å²) in [6, 6.07) is 0.347. The van der Waals surface area contributed by atoms with Crippen molar-refractivity contribution in [2.75, 3.05) is 13.1 Å². The monoisotopic (exact) mass is 205 g/mol. The molecule has 1 rings (SSSR count). The average Bonchev–Trinajstić information content (AvgIpc) is 2.21. The molecule has 0 aromatic carbocycles. The van der Waals surface area contributed by atoms with Gasteiger partial charge in [-0.2, -0.15) is 0 Å². The second kappa shape index (κ2) is 5.66. The average molecular weight is 205 g/mol. The Hall–Kier alpha value is -1.15. The summed E-state index contributed by atoms with van der Waals surface area (Å²) >= 11 is 0. The van der Waals surface area contributed by atoms with E-state index in [-0.39, 0.29) is 0 Å². The molecule has 15 heavy (non-hydrogen) atoms. The minimum absolute atomic E-state index is 0.347. The van der Waals surface area contributed by atoms with Gasteiger partial charge < -0.3 is 0 Å². The highest BCUT2D eigenvalue weighted by molar-refractivity contribution is 5.79. The van der Waals surface area contributed by atoms with Crippen molar-refractivity contribution >= 4 is 5.78 Å². The summed E-state index contributed by atoms with van der Waals surface area (Å²) in [6.45, 7) is 11.3. The summed E-state index contributed by atoms with van der Waals surface area (Å²) in [5.74, 6) is 0.381. The van der Waals surface area contributed by atoms with Crippen molar-refractivity contribution in [1.82, 2.24) is 4.90 Å². The predicted molar refractivity (Wildman–Crippen MR) is 63.8 cm³/mol. The molecule has 1 heterocycles. The van der Waals surface area contributed by atoms with Gasteiger partial charge in [0.05, 0.1) is 0 Å². The fourth-order valence-electron chi connectivity index (χ4n) is 1.86. The van der Waals surface area contributed by atoms with Gasteiger partial charge in [0.25, 0.3) is 0 Å². The molecule has 0 bridgehead atoms. The minimum Gasteiger partial charge on any atom is -0.300 e. The number of piperidine rings is 1. The van der Waals surface area contributed by atoms with Crippen LogP contribution < -0.4 is 0 Å². The summed E-state index contributed by atoms with van der Waals surface area (Å²) in [4.78, 5) is 13.5. The normalized spacial score (nSPS) is 23.9. The van der Waals surface area contributed by atoms with E-state index in [2.05, 4.69) is 25.0 Å². The maximum Gasteiger partial charge on any atom is 0.135 e. The molecule has 0 amide bonds. The van der Waals surface area contributed by atoms with Gasteiger partial charge in [0.1, 0.15) is 5.78 Å². The zero-order valence-corrected chi connectivity index (χ0v) is 9.41. The molecule has 0 aromatic heterocycles. The van der Waals surface area contributed by atoms with Gasteiger partial charge in [-0.1, -0.05) is 31.4 Å². The van der Waals surface area contributed by atoms with Crippen molar-refractivity contribution in [3.63, 3.8) is 0 Å². The lowest BCUT2D eigenvalue weighted by Gasteiger charge is -2.32. The number of carbonyl (C=O) groups excluding carboxylic acids is 1. The Kier molecular flexibility index (Phi) is 4.50. The molecule has 0 saturated carbocycles. The Bertz CT molecular complexity index is 291. The van der Waals surface area contributed by atoms with Crippen molar-refractivity contribution in [2.24, 2.45) is 0 Å². The minimum atomic E-state index is 0.347. The van der Waals surface area contributed by atoms with E-state index in [0.29, 0.717) is 24.7 Å². The second-order valence-electron chi connectivity index (χ2n) is 3.99. The summed E-state index contributed by atoms with van der Waals surface area (Å²) < 4.78 is 0. The predicted octanol–water partition coefficient (Wildman–Crippen LogP) is 2.34. The first-order chi connectivity index (χ1) is 7.17. The molecule has 82 valence electrons. The van der Waals surface area contributed by atoms with Gasteiger partial charge in [-0.05, 0) is 12.5 Å². The highest BCUT2D eigenvalue weighted by Gasteiger charge is 2.23. The Balaban J connectivity index is 2.57. The molecule has 1 aliphatic heterocycles. The van der Waals surface area contributed by atoms with Gasteiger partial charge in [-0.3, -0.25) is 9.69 Å². The van der Waals surface area contributed by atoms with Crippen LogP contribution in [0.25, 0.3) is 0 Å². The summed E-state index contributed by atoms with van der Waals surface area (Å²) in [5.41, 5.74) is 1.16. The Labute approximate surface area is 92.0 Å². The van der Waals surface area contributed by atoms with Crippen LogP contribution in [-0.4, -0.2) is 29.8 Å². The molecular weight excluding hydrogens is 186 g/mol. The highest BCUT2D eigenvalue weighted by Crippen LogP contribution is 2.15. The molecule has 2 nitrogen and oxygen atoms in total. The van der Waals surface area contributed by atoms with Crippen LogP contribution in [0.4, 0.5) is 0 Å².